The highest BCUT2D eigenvalue weighted by molar-refractivity contribution is 7.91. The van der Waals surface area contributed by atoms with Gasteiger partial charge >= 0.3 is 0 Å². The number of hydrogen-bond donors (Lipinski definition) is 3. The second-order valence-electron chi connectivity index (χ2n) is 17.2. The molecule has 18 heteroatoms. The number of ether oxygens (including phenoxy) is 1. The fourth-order valence-electron chi connectivity index (χ4n) is 8.89. The number of piperidine rings is 1. The minimum atomic E-state index is -3.96. The first-order valence-corrected chi connectivity index (χ1v) is 22.9. The normalized spacial score (nSPS) is 27.1. The Morgan fingerprint density at radius 2 is 1.79 bits per heavy atom. The Labute approximate surface area is 358 Å². The topological polar surface area (TPSA) is 197 Å². The van der Waals surface area contributed by atoms with E-state index in [1.54, 1.807) is 48.7 Å². The van der Waals surface area contributed by atoms with Crippen molar-refractivity contribution in [3.05, 3.63) is 66.4 Å². The van der Waals surface area contributed by atoms with Crippen LogP contribution in [-0.4, -0.2) is 113 Å². The monoisotopic (exact) mass is 875 g/mol. The summed E-state index contributed by atoms with van der Waals surface area (Å²) in [6.45, 7) is -0.399. The zero-order valence-corrected chi connectivity index (χ0v) is 35.3. The summed E-state index contributed by atoms with van der Waals surface area (Å²) in [5.41, 5.74) is 0.119. The molecule has 2 saturated heterocycles. The SMILES string of the molecule is COc1ccc2nc(-c3ccccn3)cc(C(=O)N[C@@H]3C[C@H]4C(=O)N[C@]5(C(=O)NS(=O)(=O)C6CC6)C[C@H]5/C=C\CCCCC[C@H](CC(=O)N5CCC(F)(F)CC5)C(=O)N4C3)c2c1. The number of nitrogens with zero attached hydrogens (tertiary/aromatic N) is 4. The van der Waals surface area contributed by atoms with E-state index in [9.17, 15) is 41.2 Å². The molecule has 8 rings (SSSR count). The lowest BCUT2D eigenvalue weighted by Crippen LogP contribution is -2.57. The summed E-state index contributed by atoms with van der Waals surface area (Å²) in [6.07, 6.45) is 8.05. The Hall–Kier alpha value is -5.52. The Balaban J connectivity index is 1.10. The van der Waals surface area contributed by atoms with Crippen LogP contribution in [0.25, 0.3) is 22.3 Å². The van der Waals surface area contributed by atoms with Crippen molar-refractivity contribution in [2.75, 3.05) is 26.7 Å². The number of alkyl halides is 2. The fourth-order valence-corrected chi connectivity index (χ4v) is 10.3. The number of halogens is 2. The molecular weight excluding hydrogens is 825 g/mol. The minimum absolute atomic E-state index is 0.0663. The van der Waals surface area contributed by atoms with Gasteiger partial charge in [-0.25, -0.2) is 22.2 Å². The molecule has 5 heterocycles. The molecule has 330 valence electrons. The number of pyridine rings is 2. The van der Waals surface area contributed by atoms with E-state index < -0.39 is 93.0 Å². The maximum absolute atomic E-state index is 14.8. The van der Waals surface area contributed by atoms with Crippen molar-refractivity contribution >= 4 is 50.5 Å². The molecule has 1 aromatic carbocycles. The minimum Gasteiger partial charge on any atom is -0.497 e. The Bertz CT molecular complexity index is 2390. The van der Waals surface area contributed by atoms with E-state index in [1.165, 1.54) is 16.9 Å². The number of hydrogen-bond acceptors (Lipinski definition) is 10. The predicted octanol–water partition coefficient (Wildman–Crippen LogP) is 4.27. The second-order valence-corrected chi connectivity index (χ2v) is 19.2. The number of methoxy groups -OCH3 is 1. The molecule has 0 spiro atoms. The molecule has 3 aliphatic heterocycles. The number of carbonyl (C=O) groups excluding carboxylic acids is 5. The summed E-state index contributed by atoms with van der Waals surface area (Å²) in [7, 11) is -2.46. The van der Waals surface area contributed by atoms with Crippen molar-refractivity contribution in [3.63, 3.8) is 0 Å². The first-order chi connectivity index (χ1) is 29.7. The van der Waals surface area contributed by atoms with Gasteiger partial charge in [0.05, 0.1) is 34.8 Å². The molecule has 3 N–H and O–H groups in total. The van der Waals surface area contributed by atoms with Crippen LogP contribution in [0.3, 0.4) is 0 Å². The number of allylic oxidation sites excluding steroid dienone is 1. The maximum Gasteiger partial charge on any atom is 0.259 e. The Kier molecular flexibility index (Phi) is 12.1. The second kappa shape index (κ2) is 17.3. The van der Waals surface area contributed by atoms with Gasteiger partial charge in [-0.15, -0.1) is 0 Å². The van der Waals surface area contributed by atoms with Gasteiger partial charge in [0, 0.05) is 68.4 Å². The van der Waals surface area contributed by atoms with E-state index in [1.807, 2.05) is 12.2 Å². The van der Waals surface area contributed by atoms with E-state index in [-0.39, 0.29) is 44.5 Å². The van der Waals surface area contributed by atoms with Gasteiger partial charge in [0.2, 0.25) is 27.7 Å². The van der Waals surface area contributed by atoms with Gasteiger partial charge in [0.1, 0.15) is 17.3 Å². The summed E-state index contributed by atoms with van der Waals surface area (Å²) in [4.78, 5) is 83.1. The number of benzene rings is 1. The molecule has 3 aromatic rings. The number of carbonyl (C=O) groups is 5. The Morgan fingerprint density at radius 1 is 1.00 bits per heavy atom. The first-order valence-electron chi connectivity index (χ1n) is 21.4. The smallest absolute Gasteiger partial charge is 0.259 e. The third-order valence-corrected chi connectivity index (χ3v) is 14.6. The molecule has 5 amide bonds. The first kappa shape index (κ1) is 43.1. The van der Waals surface area contributed by atoms with Gasteiger partial charge in [-0.05, 0) is 81.3 Å². The zero-order chi connectivity index (χ0) is 43.8. The van der Waals surface area contributed by atoms with Crippen LogP contribution in [0.1, 0.15) is 87.4 Å². The summed E-state index contributed by atoms with van der Waals surface area (Å²) in [6, 6.07) is 10.1. The summed E-state index contributed by atoms with van der Waals surface area (Å²) >= 11 is 0. The lowest BCUT2D eigenvalue weighted by Gasteiger charge is -2.33. The molecule has 2 aromatic heterocycles. The van der Waals surface area contributed by atoms with Crippen LogP contribution in [-0.2, 0) is 29.2 Å². The predicted molar refractivity (Wildman–Crippen MR) is 223 cm³/mol. The number of sulfonamides is 1. The van der Waals surface area contributed by atoms with Gasteiger partial charge in [-0.1, -0.05) is 31.1 Å². The number of fused-ring (bicyclic) bond motifs is 3. The van der Waals surface area contributed by atoms with Crippen LogP contribution in [0.4, 0.5) is 8.78 Å². The highest BCUT2D eigenvalue weighted by atomic mass is 32.2. The van der Waals surface area contributed by atoms with Crippen molar-refractivity contribution in [2.24, 2.45) is 11.8 Å². The third kappa shape index (κ3) is 9.29. The van der Waals surface area contributed by atoms with Crippen LogP contribution < -0.4 is 20.1 Å². The van der Waals surface area contributed by atoms with Gasteiger partial charge < -0.3 is 25.2 Å². The van der Waals surface area contributed by atoms with Crippen LogP contribution in [0.5, 0.6) is 5.75 Å². The van der Waals surface area contributed by atoms with Crippen molar-refractivity contribution in [2.45, 2.75) is 106 Å². The van der Waals surface area contributed by atoms with Crippen molar-refractivity contribution in [3.8, 4) is 17.1 Å². The van der Waals surface area contributed by atoms with Crippen molar-refractivity contribution in [1.29, 1.82) is 0 Å². The summed E-state index contributed by atoms with van der Waals surface area (Å²) in [5.74, 6) is -6.80. The largest absolute Gasteiger partial charge is 0.497 e. The van der Waals surface area contributed by atoms with Gasteiger partial charge in [-0.3, -0.25) is 33.7 Å². The molecule has 62 heavy (non-hydrogen) atoms. The highest BCUT2D eigenvalue weighted by Gasteiger charge is 2.62. The number of nitrogens with one attached hydrogen (secondary N) is 3. The fraction of sp³-hybridized carbons (Fsp3) is 0.523. The Morgan fingerprint density at radius 3 is 2.52 bits per heavy atom. The molecule has 15 nitrogen and oxygen atoms in total. The van der Waals surface area contributed by atoms with Gasteiger partial charge in [0.15, 0.2) is 0 Å². The number of amides is 5. The summed E-state index contributed by atoms with van der Waals surface area (Å²) in [5, 5.41) is 5.68. The molecule has 5 aliphatic rings. The lowest BCUT2D eigenvalue weighted by atomic mass is 9.94. The molecular formula is C44H51F2N7O8S. The highest BCUT2D eigenvalue weighted by Crippen LogP contribution is 2.46. The molecule has 5 atom stereocenters. The van der Waals surface area contributed by atoms with Gasteiger partial charge in [0.25, 0.3) is 17.7 Å². The number of likely N-dealkylation sites (tertiary alicyclic amines) is 1. The number of aromatic nitrogens is 2. The standard InChI is InChI=1S/C44H51F2N7O8S/c1-61-30-12-15-34-32(23-30)33(24-36(49-34)35-11-7-8-18-47-35)39(55)48-29-22-37-40(56)50-44(42(58)51-62(59,60)31-13-14-31)25-28(44)10-6-4-2-3-5-9-27(41(57)53(37)26-29)21-38(54)52-19-16-43(45,46)17-20-52/h6-8,10-12,15,18,23-24,27-29,31,37H,2-5,9,13-14,16-17,19-22,25-26H2,1H3,(H,48,55)(H,50,56)(H,51,58)/b10-6-/t27-,28-,29-,37+,44-/m1/s1. The van der Waals surface area contributed by atoms with Gasteiger partial charge in [-0.2, -0.15) is 0 Å². The van der Waals surface area contributed by atoms with E-state index in [4.69, 9.17) is 9.72 Å². The average molecular weight is 876 g/mol. The average Bonchev–Trinajstić information content (AvgIpc) is 4.19. The quantitative estimate of drug-likeness (QED) is 0.261. The molecule has 2 saturated carbocycles. The molecule has 0 radical (unpaired) electrons. The molecule has 0 unspecified atom stereocenters. The number of rotatable bonds is 9. The zero-order valence-electron chi connectivity index (χ0n) is 34.5. The third-order valence-electron chi connectivity index (χ3n) is 12.8. The molecule has 2 aliphatic carbocycles. The maximum atomic E-state index is 14.8. The summed E-state index contributed by atoms with van der Waals surface area (Å²) < 4.78 is 61.6. The van der Waals surface area contributed by atoms with E-state index >= 15 is 0 Å². The van der Waals surface area contributed by atoms with Crippen LogP contribution in [0.15, 0.2) is 60.8 Å². The van der Waals surface area contributed by atoms with Crippen molar-refractivity contribution < 1.29 is 45.9 Å². The van der Waals surface area contributed by atoms with Crippen LogP contribution in [0, 0.1) is 11.8 Å². The molecule has 4 fully saturated rings. The lowest BCUT2D eigenvalue weighted by molar-refractivity contribution is -0.147. The van der Waals surface area contributed by atoms with Crippen molar-refractivity contribution in [1.82, 2.24) is 35.1 Å². The van der Waals surface area contributed by atoms with Crippen LogP contribution >= 0.6 is 0 Å². The van der Waals surface area contributed by atoms with Crippen LogP contribution in [0.2, 0.25) is 0 Å². The van der Waals surface area contributed by atoms with E-state index in [2.05, 4.69) is 20.3 Å². The molecule has 0 bridgehead atoms. The van der Waals surface area contributed by atoms with E-state index in [0.717, 1.165) is 6.42 Å². The van der Waals surface area contributed by atoms with E-state index in [0.29, 0.717) is 66.6 Å².